The Morgan fingerprint density at radius 1 is 1.33 bits per heavy atom. The summed E-state index contributed by atoms with van der Waals surface area (Å²) in [5.74, 6) is -0.410. The van der Waals surface area contributed by atoms with E-state index in [-0.39, 0.29) is 19.6 Å². The predicted molar refractivity (Wildman–Crippen MR) is 67.5 cm³/mol. The lowest BCUT2D eigenvalue weighted by molar-refractivity contribution is -0.133. The minimum Gasteiger partial charge on any atom is -0.395 e. The van der Waals surface area contributed by atoms with E-state index in [1.165, 1.54) is 0 Å². The topological polar surface area (TPSA) is 40.5 Å². The van der Waals surface area contributed by atoms with Crippen LogP contribution in [0.5, 0.6) is 0 Å². The Kier molecular flexibility index (Phi) is 6.21. The zero-order valence-corrected chi connectivity index (χ0v) is 11.2. The Morgan fingerprint density at radius 2 is 1.94 bits per heavy atom. The molecule has 0 saturated heterocycles. The fourth-order valence-corrected chi connectivity index (χ4v) is 1.76. The summed E-state index contributed by atoms with van der Waals surface area (Å²) in [4.78, 5) is 12.8. The van der Waals surface area contributed by atoms with Crippen LogP contribution in [-0.2, 0) is 11.2 Å². The molecule has 0 aliphatic carbocycles. The van der Waals surface area contributed by atoms with Gasteiger partial charge in [0, 0.05) is 11.0 Å². The molecule has 0 aromatic heterocycles. The minimum absolute atomic E-state index is 0.0556. The fourth-order valence-electron chi connectivity index (χ4n) is 1.49. The molecule has 18 heavy (non-hydrogen) atoms. The molecule has 0 fully saturated rings. The third-order valence-corrected chi connectivity index (χ3v) is 2.88. The van der Waals surface area contributed by atoms with Gasteiger partial charge >= 0.3 is 0 Å². The highest BCUT2D eigenvalue weighted by molar-refractivity contribution is 9.10. The number of carbonyl (C=O) groups excluding carboxylic acids is 1. The van der Waals surface area contributed by atoms with Gasteiger partial charge in [-0.05, 0) is 17.7 Å². The van der Waals surface area contributed by atoms with Crippen molar-refractivity contribution >= 4 is 21.8 Å². The smallest absolute Gasteiger partial charge is 0.255 e. The van der Waals surface area contributed by atoms with E-state index >= 15 is 0 Å². The summed E-state index contributed by atoms with van der Waals surface area (Å²) in [6.45, 7) is -1.03. The van der Waals surface area contributed by atoms with Crippen LogP contribution >= 0.6 is 15.9 Å². The molecule has 1 rings (SSSR count). The van der Waals surface area contributed by atoms with Crippen LogP contribution in [0.2, 0.25) is 0 Å². The molecule has 0 spiro atoms. The molecule has 6 heteroatoms. The number of carbonyl (C=O) groups is 1. The summed E-state index contributed by atoms with van der Waals surface area (Å²) in [7, 11) is 0. The van der Waals surface area contributed by atoms with Crippen LogP contribution in [0.3, 0.4) is 0 Å². The highest BCUT2D eigenvalue weighted by atomic mass is 79.9. The van der Waals surface area contributed by atoms with Gasteiger partial charge in [0.15, 0.2) is 0 Å². The van der Waals surface area contributed by atoms with Gasteiger partial charge in [0.2, 0.25) is 5.91 Å². The molecule has 0 aliphatic heterocycles. The lowest BCUT2D eigenvalue weighted by atomic mass is 10.1. The van der Waals surface area contributed by atoms with E-state index in [4.69, 9.17) is 5.11 Å². The van der Waals surface area contributed by atoms with E-state index in [1.807, 2.05) is 0 Å². The average molecular weight is 322 g/mol. The number of halogens is 3. The van der Waals surface area contributed by atoms with Crippen LogP contribution in [0.1, 0.15) is 5.56 Å². The summed E-state index contributed by atoms with van der Waals surface area (Å²) < 4.78 is 25.4. The van der Waals surface area contributed by atoms with Crippen molar-refractivity contribution in [2.45, 2.75) is 12.8 Å². The maximum absolute atomic E-state index is 12.3. The number of rotatable bonds is 6. The second-order valence-electron chi connectivity index (χ2n) is 3.76. The maximum Gasteiger partial charge on any atom is 0.255 e. The van der Waals surface area contributed by atoms with Crippen molar-refractivity contribution in [3.63, 3.8) is 0 Å². The first-order valence-electron chi connectivity index (χ1n) is 5.44. The summed E-state index contributed by atoms with van der Waals surface area (Å²) in [5.41, 5.74) is 0.750. The predicted octanol–water partition coefficient (Wildman–Crippen LogP) is 2.08. The maximum atomic E-state index is 12.3. The lowest BCUT2D eigenvalue weighted by Crippen LogP contribution is -2.38. The minimum atomic E-state index is -2.59. The molecule has 1 aromatic rings. The summed E-state index contributed by atoms with van der Waals surface area (Å²) in [6, 6.07) is 7.07. The van der Waals surface area contributed by atoms with Gasteiger partial charge in [-0.3, -0.25) is 4.79 Å². The Hall–Kier alpha value is -1.01. The number of aliphatic hydroxyl groups is 1. The van der Waals surface area contributed by atoms with E-state index in [2.05, 4.69) is 15.9 Å². The van der Waals surface area contributed by atoms with Gasteiger partial charge < -0.3 is 10.0 Å². The van der Waals surface area contributed by atoms with Crippen LogP contribution in [0.15, 0.2) is 28.7 Å². The highest BCUT2D eigenvalue weighted by Crippen LogP contribution is 2.12. The molecular formula is C12H14BrF2NO2. The van der Waals surface area contributed by atoms with Crippen molar-refractivity contribution in [3.8, 4) is 0 Å². The molecule has 0 atom stereocenters. The highest BCUT2D eigenvalue weighted by Gasteiger charge is 2.17. The SMILES string of the molecule is O=C(Cc1ccc(Br)cc1)N(CCO)CC(F)F. The van der Waals surface area contributed by atoms with Gasteiger partial charge in [0.25, 0.3) is 6.43 Å². The second-order valence-corrected chi connectivity index (χ2v) is 4.67. The van der Waals surface area contributed by atoms with Gasteiger partial charge in [-0.1, -0.05) is 28.1 Å². The van der Waals surface area contributed by atoms with Gasteiger partial charge in [-0.25, -0.2) is 8.78 Å². The second kappa shape index (κ2) is 7.43. The third-order valence-electron chi connectivity index (χ3n) is 2.35. The Morgan fingerprint density at radius 3 is 2.44 bits per heavy atom. The van der Waals surface area contributed by atoms with Crippen molar-refractivity contribution in [1.82, 2.24) is 4.90 Å². The van der Waals surface area contributed by atoms with Crippen molar-refractivity contribution in [2.75, 3.05) is 19.7 Å². The van der Waals surface area contributed by atoms with E-state index in [9.17, 15) is 13.6 Å². The number of amides is 1. The molecule has 0 unspecified atom stereocenters. The molecule has 0 radical (unpaired) electrons. The van der Waals surface area contributed by atoms with E-state index in [0.717, 1.165) is 14.9 Å². The molecule has 3 nitrogen and oxygen atoms in total. The zero-order valence-electron chi connectivity index (χ0n) is 9.65. The molecule has 1 amide bonds. The molecule has 0 bridgehead atoms. The Labute approximate surface area is 113 Å². The van der Waals surface area contributed by atoms with Gasteiger partial charge in [-0.15, -0.1) is 0 Å². The Bertz CT molecular complexity index is 384. The number of benzene rings is 1. The summed E-state index contributed by atoms with van der Waals surface area (Å²) >= 11 is 3.27. The molecule has 1 aromatic carbocycles. The average Bonchev–Trinajstić information content (AvgIpc) is 2.31. The zero-order chi connectivity index (χ0) is 13.5. The van der Waals surface area contributed by atoms with E-state index in [0.29, 0.717) is 0 Å². The monoisotopic (exact) mass is 321 g/mol. The molecule has 0 heterocycles. The van der Waals surface area contributed by atoms with Crippen LogP contribution in [0.25, 0.3) is 0 Å². The number of aliphatic hydroxyl groups excluding tert-OH is 1. The van der Waals surface area contributed by atoms with E-state index in [1.54, 1.807) is 24.3 Å². The lowest BCUT2D eigenvalue weighted by Gasteiger charge is -2.21. The van der Waals surface area contributed by atoms with Crippen molar-refractivity contribution in [1.29, 1.82) is 0 Å². The van der Waals surface area contributed by atoms with Crippen molar-refractivity contribution < 1.29 is 18.7 Å². The molecule has 0 saturated carbocycles. The quantitative estimate of drug-likeness (QED) is 0.871. The van der Waals surface area contributed by atoms with E-state index < -0.39 is 18.9 Å². The summed E-state index contributed by atoms with van der Waals surface area (Å²) in [5, 5.41) is 8.76. The van der Waals surface area contributed by atoms with Crippen LogP contribution in [-0.4, -0.2) is 42.0 Å². The van der Waals surface area contributed by atoms with Crippen molar-refractivity contribution in [2.24, 2.45) is 0 Å². The Balaban J connectivity index is 2.63. The molecule has 1 N–H and O–H groups in total. The fraction of sp³-hybridized carbons (Fsp3) is 0.417. The third kappa shape index (κ3) is 5.10. The molecule has 0 aliphatic rings. The van der Waals surface area contributed by atoms with Crippen molar-refractivity contribution in [3.05, 3.63) is 34.3 Å². The number of nitrogens with zero attached hydrogens (tertiary/aromatic N) is 1. The van der Waals surface area contributed by atoms with Crippen LogP contribution in [0.4, 0.5) is 8.78 Å². The number of alkyl halides is 2. The number of hydrogen-bond acceptors (Lipinski definition) is 2. The normalized spacial score (nSPS) is 10.7. The van der Waals surface area contributed by atoms with Gasteiger partial charge in [0.1, 0.15) is 0 Å². The van der Waals surface area contributed by atoms with Crippen LogP contribution in [0, 0.1) is 0 Å². The number of hydrogen-bond donors (Lipinski definition) is 1. The molecule has 100 valence electrons. The first kappa shape index (κ1) is 15.0. The first-order chi connectivity index (χ1) is 8.52. The largest absolute Gasteiger partial charge is 0.395 e. The van der Waals surface area contributed by atoms with Gasteiger partial charge in [0.05, 0.1) is 19.6 Å². The van der Waals surface area contributed by atoms with Crippen LogP contribution < -0.4 is 0 Å². The summed E-state index contributed by atoms with van der Waals surface area (Å²) in [6.07, 6.45) is -2.54. The molecular weight excluding hydrogens is 308 g/mol. The standard InChI is InChI=1S/C12H14BrF2NO2/c13-10-3-1-9(2-4-10)7-12(18)16(5-6-17)8-11(14)15/h1-4,11,17H,5-8H2. The van der Waals surface area contributed by atoms with Gasteiger partial charge in [-0.2, -0.15) is 0 Å². The first-order valence-corrected chi connectivity index (χ1v) is 6.23.